The third kappa shape index (κ3) is 3.11. The average Bonchev–Trinajstić information content (AvgIpc) is 2.14. The molecule has 0 aliphatic heterocycles. The molecule has 0 unspecified atom stereocenters. The lowest BCUT2D eigenvalue weighted by atomic mass is 10.3. The number of rotatable bonds is 3. The van der Waals surface area contributed by atoms with Crippen LogP contribution in [0.3, 0.4) is 0 Å². The molecule has 1 amide bonds. The number of aryl methyl sites for hydroxylation is 1. The Kier molecular flexibility index (Phi) is 3.25. The normalized spacial score (nSPS) is 9.38. The van der Waals surface area contributed by atoms with E-state index in [2.05, 4.69) is 15.8 Å². The first kappa shape index (κ1) is 9.51. The molecule has 0 atom stereocenters. The standard InChI is InChI=1S/C9H13N3O/c1-3-9(13)12-11-8-6-7(2)4-5-10-8/h4-6H,3H2,1-2H3,(H,10,11)(H,12,13). The summed E-state index contributed by atoms with van der Waals surface area (Å²) in [5.41, 5.74) is 6.35. The quantitative estimate of drug-likeness (QED) is 0.686. The molecular weight excluding hydrogens is 166 g/mol. The highest BCUT2D eigenvalue weighted by Gasteiger charge is 1.96. The van der Waals surface area contributed by atoms with E-state index in [0.29, 0.717) is 12.2 Å². The summed E-state index contributed by atoms with van der Waals surface area (Å²) in [6.45, 7) is 3.76. The number of anilines is 1. The molecule has 1 aromatic rings. The molecule has 0 saturated heterocycles. The fraction of sp³-hybridized carbons (Fsp3) is 0.333. The SMILES string of the molecule is CCC(=O)NNc1cc(C)ccn1. The number of pyridine rings is 1. The van der Waals surface area contributed by atoms with E-state index in [4.69, 9.17) is 0 Å². The zero-order chi connectivity index (χ0) is 9.68. The molecule has 0 spiro atoms. The molecule has 0 radical (unpaired) electrons. The number of hydrazine groups is 1. The Morgan fingerprint density at radius 3 is 3.00 bits per heavy atom. The summed E-state index contributed by atoms with van der Waals surface area (Å²) in [5, 5.41) is 0. The maximum atomic E-state index is 10.9. The van der Waals surface area contributed by atoms with Gasteiger partial charge < -0.3 is 0 Å². The predicted octanol–water partition coefficient (Wildman–Crippen LogP) is 1.24. The number of hydrogen-bond acceptors (Lipinski definition) is 3. The lowest BCUT2D eigenvalue weighted by molar-refractivity contribution is -0.120. The van der Waals surface area contributed by atoms with Gasteiger partial charge in [-0.05, 0) is 24.6 Å². The molecule has 0 aromatic carbocycles. The van der Waals surface area contributed by atoms with Crippen LogP contribution < -0.4 is 10.9 Å². The molecule has 4 heteroatoms. The smallest absolute Gasteiger partial charge is 0.238 e. The van der Waals surface area contributed by atoms with Gasteiger partial charge in [-0.25, -0.2) is 4.98 Å². The summed E-state index contributed by atoms with van der Waals surface area (Å²) < 4.78 is 0. The molecule has 0 bridgehead atoms. The molecular formula is C9H13N3O. The van der Waals surface area contributed by atoms with Crippen molar-refractivity contribution in [3.63, 3.8) is 0 Å². The van der Waals surface area contributed by atoms with E-state index in [1.807, 2.05) is 19.1 Å². The van der Waals surface area contributed by atoms with Gasteiger partial charge in [0.25, 0.3) is 0 Å². The number of hydrogen-bond donors (Lipinski definition) is 2. The summed E-state index contributed by atoms with van der Waals surface area (Å²) >= 11 is 0. The zero-order valence-corrected chi connectivity index (χ0v) is 7.79. The largest absolute Gasteiger partial charge is 0.282 e. The molecule has 1 heterocycles. The molecule has 0 aliphatic carbocycles. The number of nitrogens with one attached hydrogen (secondary N) is 2. The van der Waals surface area contributed by atoms with Crippen molar-refractivity contribution >= 4 is 11.7 Å². The minimum absolute atomic E-state index is 0.0525. The first-order valence-corrected chi connectivity index (χ1v) is 4.20. The summed E-state index contributed by atoms with van der Waals surface area (Å²) in [5.74, 6) is 0.602. The second kappa shape index (κ2) is 4.45. The van der Waals surface area contributed by atoms with Crippen LogP contribution in [0.5, 0.6) is 0 Å². The van der Waals surface area contributed by atoms with Crippen LogP contribution in [0.25, 0.3) is 0 Å². The highest BCUT2D eigenvalue weighted by Crippen LogP contribution is 2.03. The van der Waals surface area contributed by atoms with Gasteiger partial charge in [-0.15, -0.1) is 0 Å². The Bertz CT molecular complexity index is 299. The summed E-state index contributed by atoms with van der Waals surface area (Å²) in [7, 11) is 0. The summed E-state index contributed by atoms with van der Waals surface area (Å²) in [6.07, 6.45) is 2.15. The fourth-order valence-electron chi connectivity index (χ4n) is 0.827. The maximum Gasteiger partial charge on any atom is 0.238 e. The fourth-order valence-corrected chi connectivity index (χ4v) is 0.827. The van der Waals surface area contributed by atoms with Gasteiger partial charge in [0.1, 0.15) is 5.82 Å². The van der Waals surface area contributed by atoms with Crippen LogP contribution >= 0.6 is 0 Å². The molecule has 13 heavy (non-hydrogen) atoms. The van der Waals surface area contributed by atoms with Crippen molar-refractivity contribution in [2.45, 2.75) is 20.3 Å². The van der Waals surface area contributed by atoms with Gasteiger partial charge in [-0.3, -0.25) is 15.6 Å². The van der Waals surface area contributed by atoms with Crippen LogP contribution in [-0.2, 0) is 4.79 Å². The van der Waals surface area contributed by atoms with Crippen LogP contribution in [0.2, 0.25) is 0 Å². The molecule has 0 aliphatic rings. The third-order valence-corrected chi connectivity index (χ3v) is 1.57. The van der Waals surface area contributed by atoms with Crippen LogP contribution in [0, 0.1) is 6.92 Å². The molecule has 0 saturated carbocycles. The van der Waals surface area contributed by atoms with E-state index >= 15 is 0 Å². The van der Waals surface area contributed by atoms with E-state index in [1.165, 1.54) is 0 Å². The molecule has 1 rings (SSSR count). The average molecular weight is 179 g/mol. The lowest BCUT2D eigenvalue weighted by Gasteiger charge is -2.06. The van der Waals surface area contributed by atoms with E-state index in [9.17, 15) is 4.79 Å². The highest BCUT2D eigenvalue weighted by molar-refractivity contribution is 5.76. The number of nitrogens with zero attached hydrogens (tertiary/aromatic N) is 1. The van der Waals surface area contributed by atoms with Gasteiger partial charge >= 0.3 is 0 Å². The van der Waals surface area contributed by atoms with Crippen LogP contribution in [0.4, 0.5) is 5.82 Å². The molecule has 2 N–H and O–H groups in total. The van der Waals surface area contributed by atoms with Gasteiger partial charge in [0.2, 0.25) is 5.91 Å². The van der Waals surface area contributed by atoms with E-state index < -0.39 is 0 Å². The highest BCUT2D eigenvalue weighted by atomic mass is 16.2. The van der Waals surface area contributed by atoms with Crippen LogP contribution in [-0.4, -0.2) is 10.9 Å². The van der Waals surface area contributed by atoms with Crippen LogP contribution in [0.1, 0.15) is 18.9 Å². The van der Waals surface area contributed by atoms with Gasteiger partial charge in [0, 0.05) is 12.6 Å². The van der Waals surface area contributed by atoms with Crippen molar-refractivity contribution in [3.8, 4) is 0 Å². The number of carbonyl (C=O) groups is 1. The minimum Gasteiger partial charge on any atom is -0.282 e. The number of carbonyl (C=O) groups excluding carboxylic acids is 1. The predicted molar refractivity (Wildman–Crippen MR) is 51.0 cm³/mol. The summed E-state index contributed by atoms with van der Waals surface area (Å²) in [6, 6.07) is 3.75. The van der Waals surface area contributed by atoms with Gasteiger partial charge in [-0.2, -0.15) is 0 Å². The number of amides is 1. The van der Waals surface area contributed by atoms with E-state index in [1.54, 1.807) is 13.1 Å². The monoisotopic (exact) mass is 179 g/mol. The molecule has 0 fully saturated rings. The van der Waals surface area contributed by atoms with E-state index in [0.717, 1.165) is 5.56 Å². The second-order valence-corrected chi connectivity index (χ2v) is 2.75. The minimum atomic E-state index is -0.0525. The Balaban J connectivity index is 2.50. The van der Waals surface area contributed by atoms with Crippen LogP contribution in [0.15, 0.2) is 18.3 Å². The van der Waals surface area contributed by atoms with Crippen molar-refractivity contribution < 1.29 is 4.79 Å². The van der Waals surface area contributed by atoms with Crippen molar-refractivity contribution in [1.29, 1.82) is 0 Å². The molecule has 1 aromatic heterocycles. The maximum absolute atomic E-state index is 10.9. The van der Waals surface area contributed by atoms with Crippen molar-refractivity contribution in [2.24, 2.45) is 0 Å². The van der Waals surface area contributed by atoms with E-state index in [-0.39, 0.29) is 5.91 Å². The Labute approximate surface area is 77.3 Å². The lowest BCUT2D eigenvalue weighted by Crippen LogP contribution is -2.28. The van der Waals surface area contributed by atoms with Crippen molar-refractivity contribution in [2.75, 3.05) is 5.43 Å². The molecule has 4 nitrogen and oxygen atoms in total. The first-order valence-electron chi connectivity index (χ1n) is 4.20. The zero-order valence-electron chi connectivity index (χ0n) is 7.79. The first-order chi connectivity index (χ1) is 6.22. The van der Waals surface area contributed by atoms with Crippen molar-refractivity contribution in [3.05, 3.63) is 23.9 Å². The number of aromatic nitrogens is 1. The second-order valence-electron chi connectivity index (χ2n) is 2.75. The van der Waals surface area contributed by atoms with Gasteiger partial charge in [-0.1, -0.05) is 6.92 Å². The Morgan fingerprint density at radius 1 is 1.62 bits per heavy atom. The Hall–Kier alpha value is -1.58. The third-order valence-electron chi connectivity index (χ3n) is 1.57. The van der Waals surface area contributed by atoms with Gasteiger partial charge in [0.05, 0.1) is 0 Å². The van der Waals surface area contributed by atoms with Crippen molar-refractivity contribution in [1.82, 2.24) is 10.4 Å². The Morgan fingerprint density at radius 2 is 2.38 bits per heavy atom. The summed E-state index contributed by atoms with van der Waals surface area (Å²) in [4.78, 5) is 14.9. The van der Waals surface area contributed by atoms with Gasteiger partial charge in [0.15, 0.2) is 0 Å². The topological polar surface area (TPSA) is 54.0 Å². The molecule has 70 valence electrons.